The number of fused-ring (bicyclic) bond motifs is 1. The Morgan fingerprint density at radius 2 is 2.24 bits per heavy atom. The Bertz CT molecular complexity index is 544. The smallest absolute Gasteiger partial charge is 0.140 e. The highest BCUT2D eigenvalue weighted by Crippen LogP contribution is 2.25. The molecule has 0 saturated heterocycles. The van der Waals surface area contributed by atoms with Crippen molar-refractivity contribution >= 4 is 5.69 Å². The molecule has 1 aromatic carbocycles. The Morgan fingerprint density at radius 3 is 3.06 bits per heavy atom. The number of hydrogen-bond acceptors (Lipinski definition) is 3. The highest BCUT2D eigenvalue weighted by atomic mass is 15.1. The second-order valence-electron chi connectivity index (χ2n) is 4.60. The van der Waals surface area contributed by atoms with E-state index in [-0.39, 0.29) is 6.04 Å². The number of nitrogen functional groups attached to an aromatic ring is 1. The van der Waals surface area contributed by atoms with Gasteiger partial charge in [-0.1, -0.05) is 12.1 Å². The lowest BCUT2D eigenvalue weighted by Crippen LogP contribution is -2.30. The fraction of sp³-hybridized carbons (Fsp3) is 0.308. The van der Waals surface area contributed by atoms with E-state index in [0.29, 0.717) is 0 Å². The molecule has 0 bridgehead atoms. The van der Waals surface area contributed by atoms with Crippen molar-refractivity contribution in [2.75, 3.05) is 5.73 Å². The van der Waals surface area contributed by atoms with Gasteiger partial charge in [0.15, 0.2) is 0 Å². The summed E-state index contributed by atoms with van der Waals surface area (Å²) in [5.41, 5.74) is 14.8. The molecule has 1 atom stereocenters. The van der Waals surface area contributed by atoms with E-state index in [9.17, 15) is 0 Å². The molecule has 1 aliphatic heterocycles. The molecule has 1 aliphatic rings. The molecule has 1 unspecified atom stereocenters. The van der Waals surface area contributed by atoms with Crippen molar-refractivity contribution in [1.82, 2.24) is 9.55 Å². The summed E-state index contributed by atoms with van der Waals surface area (Å²) in [6, 6.07) is 8.12. The summed E-state index contributed by atoms with van der Waals surface area (Å²) in [5.74, 6) is 0.999. The third-order valence-electron chi connectivity index (χ3n) is 3.28. The molecule has 0 radical (unpaired) electrons. The minimum Gasteiger partial charge on any atom is -0.399 e. The lowest BCUT2D eigenvalue weighted by molar-refractivity contribution is 0.475. The zero-order valence-electron chi connectivity index (χ0n) is 9.63. The maximum absolute atomic E-state index is 5.96. The fourth-order valence-electron chi connectivity index (χ4n) is 2.40. The number of nitrogens with two attached hydrogens (primary N) is 2. The number of imidazole rings is 1. The molecular formula is C13H16N4. The van der Waals surface area contributed by atoms with Crippen LogP contribution < -0.4 is 11.5 Å². The van der Waals surface area contributed by atoms with Gasteiger partial charge in [0, 0.05) is 42.1 Å². The Hall–Kier alpha value is -1.81. The van der Waals surface area contributed by atoms with Crippen LogP contribution in [0.25, 0.3) is 11.4 Å². The number of anilines is 1. The van der Waals surface area contributed by atoms with E-state index in [1.165, 1.54) is 5.69 Å². The van der Waals surface area contributed by atoms with Crippen molar-refractivity contribution in [2.45, 2.75) is 25.4 Å². The molecular weight excluding hydrogens is 212 g/mol. The summed E-state index contributed by atoms with van der Waals surface area (Å²) in [5, 5.41) is 0. The average molecular weight is 228 g/mol. The summed E-state index contributed by atoms with van der Waals surface area (Å²) in [4.78, 5) is 4.50. The van der Waals surface area contributed by atoms with Gasteiger partial charge in [-0.25, -0.2) is 4.98 Å². The van der Waals surface area contributed by atoms with Crippen molar-refractivity contribution in [1.29, 1.82) is 0 Å². The lowest BCUT2D eigenvalue weighted by Gasteiger charge is -2.21. The summed E-state index contributed by atoms with van der Waals surface area (Å²) >= 11 is 0. The van der Waals surface area contributed by atoms with Crippen LogP contribution in [0.5, 0.6) is 0 Å². The van der Waals surface area contributed by atoms with Crippen LogP contribution in [0.4, 0.5) is 5.69 Å². The lowest BCUT2D eigenvalue weighted by atomic mass is 10.1. The van der Waals surface area contributed by atoms with Crippen LogP contribution in [0, 0.1) is 0 Å². The van der Waals surface area contributed by atoms with Gasteiger partial charge < -0.3 is 16.0 Å². The van der Waals surface area contributed by atoms with Crippen molar-refractivity contribution in [3.8, 4) is 11.4 Å². The van der Waals surface area contributed by atoms with Gasteiger partial charge in [0.2, 0.25) is 0 Å². The molecule has 1 aromatic heterocycles. The predicted molar refractivity (Wildman–Crippen MR) is 68.4 cm³/mol. The van der Waals surface area contributed by atoms with Crippen LogP contribution in [0.1, 0.15) is 12.1 Å². The van der Waals surface area contributed by atoms with Gasteiger partial charge in [-0.2, -0.15) is 0 Å². The SMILES string of the molecule is Nc1cccc(-c2ncc3n2CCC(N)C3)c1. The van der Waals surface area contributed by atoms with Gasteiger partial charge in [-0.3, -0.25) is 0 Å². The largest absolute Gasteiger partial charge is 0.399 e. The Labute approximate surface area is 100 Å². The molecule has 4 heteroatoms. The second-order valence-corrected chi connectivity index (χ2v) is 4.60. The van der Waals surface area contributed by atoms with Gasteiger partial charge >= 0.3 is 0 Å². The monoisotopic (exact) mass is 228 g/mol. The van der Waals surface area contributed by atoms with Crippen LogP contribution in [-0.4, -0.2) is 15.6 Å². The predicted octanol–water partition coefficient (Wildman–Crippen LogP) is 1.41. The highest BCUT2D eigenvalue weighted by Gasteiger charge is 2.19. The van der Waals surface area contributed by atoms with Gasteiger partial charge in [0.1, 0.15) is 5.82 Å². The van der Waals surface area contributed by atoms with Gasteiger partial charge in [-0.05, 0) is 18.6 Å². The van der Waals surface area contributed by atoms with Gasteiger partial charge in [0.25, 0.3) is 0 Å². The summed E-state index contributed by atoms with van der Waals surface area (Å²) < 4.78 is 2.25. The Balaban J connectivity index is 2.05. The summed E-state index contributed by atoms with van der Waals surface area (Å²) in [6.07, 6.45) is 3.85. The number of rotatable bonds is 1. The van der Waals surface area contributed by atoms with E-state index in [0.717, 1.165) is 36.5 Å². The summed E-state index contributed by atoms with van der Waals surface area (Å²) in [6.45, 7) is 0.945. The molecule has 0 aliphatic carbocycles. The fourth-order valence-corrected chi connectivity index (χ4v) is 2.40. The van der Waals surface area contributed by atoms with E-state index in [4.69, 9.17) is 11.5 Å². The molecule has 0 saturated carbocycles. The van der Waals surface area contributed by atoms with E-state index in [1.807, 2.05) is 30.5 Å². The van der Waals surface area contributed by atoms with Crippen LogP contribution >= 0.6 is 0 Å². The van der Waals surface area contributed by atoms with Crippen molar-refractivity contribution in [3.63, 3.8) is 0 Å². The number of hydrogen-bond donors (Lipinski definition) is 2. The number of aromatic nitrogens is 2. The molecule has 0 spiro atoms. The minimum atomic E-state index is 0.271. The van der Waals surface area contributed by atoms with Crippen LogP contribution in [0.15, 0.2) is 30.5 Å². The molecule has 2 heterocycles. The second kappa shape index (κ2) is 3.89. The molecule has 88 valence electrons. The first-order valence-electron chi connectivity index (χ1n) is 5.90. The average Bonchev–Trinajstić information content (AvgIpc) is 2.71. The molecule has 4 N–H and O–H groups in total. The van der Waals surface area contributed by atoms with Crippen LogP contribution in [0.3, 0.4) is 0 Å². The van der Waals surface area contributed by atoms with E-state index < -0.39 is 0 Å². The summed E-state index contributed by atoms with van der Waals surface area (Å²) in [7, 11) is 0. The van der Waals surface area contributed by atoms with E-state index in [2.05, 4.69) is 9.55 Å². The zero-order valence-corrected chi connectivity index (χ0v) is 9.63. The molecule has 17 heavy (non-hydrogen) atoms. The maximum Gasteiger partial charge on any atom is 0.140 e. The zero-order chi connectivity index (χ0) is 11.8. The van der Waals surface area contributed by atoms with Crippen LogP contribution in [-0.2, 0) is 13.0 Å². The molecule has 4 nitrogen and oxygen atoms in total. The van der Waals surface area contributed by atoms with Crippen molar-refractivity contribution < 1.29 is 0 Å². The first-order valence-corrected chi connectivity index (χ1v) is 5.90. The third-order valence-corrected chi connectivity index (χ3v) is 3.28. The quantitative estimate of drug-likeness (QED) is 0.725. The molecule has 0 fully saturated rings. The van der Waals surface area contributed by atoms with Crippen molar-refractivity contribution in [2.24, 2.45) is 5.73 Å². The van der Waals surface area contributed by atoms with Gasteiger partial charge in [-0.15, -0.1) is 0 Å². The first-order chi connectivity index (χ1) is 8.24. The van der Waals surface area contributed by atoms with Crippen LogP contribution in [0.2, 0.25) is 0 Å². The highest BCUT2D eigenvalue weighted by molar-refractivity contribution is 5.62. The molecule has 0 amide bonds. The minimum absolute atomic E-state index is 0.271. The number of benzene rings is 1. The third kappa shape index (κ3) is 1.80. The topological polar surface area (TPSA) is 69.9 Å². The first kappa shape index (κ1) is 10.4. The Kier molecular flexibility index (Phi) is 2.37. The van der Waals surface area contributed by atoms with E-state index in [1.54, 1.807) is 0 Å². The maximum atomic E-state index is 5.96. The standard InChI is InChI=1S/C13H16N4/c14-10-3-1-2-9(6-10)13-16-8-12-7-11(15)4-5-17(12)13/h1-3,6,8,11H,4-5,7,14-15H2. The van der Waals surface area contributed by atoms with Crippen molar-refractivity contribution in [3.05, 3.63) is 36.2 Å². The molecule has 3 rings (SSSR count). The Morgan fingerprint density at radius 1 is 1.35 bits per heavy atom. The van der Waals surface area contributed by atoms with E-state index >= 15 is 0 Å². The number of nitrogens with zero attached hydrogens (tertiary/aromatic N) is 2. The molecule has 2 aromatic rings. The van der Waals surface area contributed by atoms with Gasteiger partial charge in [0.05, 0.1) is 0 Å². The normalized spacial score (nSPS) is 19.0.